The van der Waals surface area contributed by atoms with Gasteiger partial charge in [-0.05, 0) is 43.2 Å². The number of aromatic nitrogens is 1. The van der Waals surface area contributed by atoms with Gasteiger partial charge in [-0.1, -0.05) is 11.6 Å². The van der Waals surface area contributed by atoms with Crippen molar-refractivity contribution in [2.75, 3.05) is 37.7 Å². The number of carbonyl (C=O) groups is 1. The maximum Gasteiger partial charge on any atom is 0.253 e. The Morgan fingerprint density at radius 1 is 1.17 bits per heavy atom. The van der Waals surface area contributed by atoms with E-state index < -0.39 is 0 Å². The number of carbonyl (C=O) groups excluding carboxylic acids is 1. The van der Waals surface area contributed by atoms with E-state index in [4.69, 9.17) is 21.3 Å². The molecule has 2 saturated heterocycles. The zero-order valence-corrected chi connectivity index (χ0v) is 14.2. The molecule has 4 rings (SSSR count). The summed E-state index contributed by atoms with van der Waals surface area (Å²) in [6.45, 7) is 3.56. The molecular formula is C18H20ClN3O2. The lowest BCUT2D eigenvalue weighted by Gasteiger charge is -2.34. The highest BCUT2D eigenvalue weighted by atomic mass is 35.5. The number of benzene rings is 1. The van der Waals surface area contributed by atoms with Gasteiger partial charge in [0.2, 0.25) is 0 Å². The molecule has 1 unspecified atom stereocenters. The second kappa shape index (κ2) is 6.57. The minimum absolute atomic E-state index is 0.116. The lowest BCUT2D eigenvalue weighted by Crippen LogP contribution is -2.50. The summed E-state index contributed by atoms with van der Waals surface area (Å²) in [6.07, 6.45) is 1.80. The summed E-state index contributed by atoms with van der Waals surface area (Å²) in [5, 5.41) is 1.73. The maximum absolute atomic E-state index is 12.6. The topological polar surface area (TPSA) is 45.7 Å². The van der Waals surface area contributed by atoms with Gasteiger partial charge in [-0.2, -0.15) is 0 Å². The average Bonchev–Trinajstić information content (AvgIpc) is 3.15. The number of morpholine rings is 1. The van der Waals surface area contributed by atoms with Crippen LogP contribution in [-0.2, 0) is 9.53 Å². The Bertz CT molecular complexity index is 761. The van der Waals surface area contributed by atoms with E-state index in [0.29, 0.717) is 18.2 Å². The standard InChI is InChI=1S/C18H20ClN3O2/c19-14-4-5-15-13(11-14)3-6-17(20-15)22-9-10-24-16(12-22)18(23)21-7-1-2-8-21/h3-6,11,16H,1-2,7-10,12H2. The lowest BCUT2D eigenvalue weighted by atomic mass is 10.2. The smallest absolute Gasteiger partial charge is 0.253 e. The van der Waals surface area contributed by atoms with Gasteiger partial charge in [0.1, 0.15) is 5.82 Å². The third-order valence-electron chi connectivity index (χ3n) is 4.72. The van der Waals surface area contributed by atoms with Gasteiger partial charge < -0.3 is 14.5 Å². The molecule has 2 aliphatic heterocycles. The van der Waals surface area contributed by atoms with Crippen LogP contribution < -0.4 is 4.90 Å². The lowest BCUT2D eigenvalue weighted by molar-refractivity contribution is -0.143. The van der Waals surface area contributed by atoms with Crippen LogP contribution in [0.5, 0.6) is 0 Å². The van der Waals surface area contributed by atoms with Crippen LogP contribution in [0, 0.1) is 0 Å². The molecule has 1 aromatic heterocycles. The second-order valence-electron chi connectivity index (χ2n) is 6.34. The summed E-state index contributed by atoms with van der Waals surface area (Å²) in [5.41, 5.74) is 0.908. The molecule has 2 aliphatic rings. The van der Waals surface area contributed by atoms with E-state index in [1.165, 1.54) is 0 Å². The molecule has 1 atom stereocenters. The second-order valence-corrected chi connectivity index (χ2v) is 6.78. The largest absolute Gasteiger partial charge is 0.365 e. The molecule has 2 fully saturated rings. The first kappa shape index (κ1) is 15.7. The predicted molar refractivity (Wildman–Crippen MR) is 94.5 cm³/mol. The molecule has 3 heterocycles. The van der Waals surface area contributed by atoms with E-state index in [2.05, 4.69) is 4.90 Å². The molecule has 24 heavy (non-hydrogen) atoms. The fourth-order valence-electron chi connectivity index (χ4n) is 3.41. The fraction of sp³-hybridized carbons (Fsp3) is 0.444. The van der Waals surface area contributed by atoms with Gasteiger partial charge in [0.25, 0.3) is 5.91 Å². The molecule has 1 aromatic carbocycles. The van der Waals surface area contributed by atoms with Crippen molar-refractivity contribution in [1.82, 2.24) is 9.88 Å². The van der Waals surface area contributed by atoms with E-state index in [-0.39, 0.29) is 12.0 Å². The summed E-state index contributed by atoms with van der Waals surface area (Å²) in [6, 6.07) is 9.69. The Morgan fingerprint density at radius 3 is 2.83 bits per heavy atom. The molecule has 5 nitrogen and oxygen atoms in total. The van der Waals surface area contributed by atoms with Crippen molar-refractivity contribution in [1.29, 1.82) is 0 Å². The summed E-state index contributed by atoms with van der Waals surface area (Å²) >= 11 is 6.03. The zero-order valence-electron chi connectivity index (χ0n) is 13.4. The molecule has 2 aromatic rings. The van der Waals surface area contributed by atoms with E-state index in [1.54, 1.807) is 0 Å². The van der Waals surface area contributed by atoms with Crippen molar-refractivity contribution in [2.45, 2.75) is 18.9 Å². The normalized spacial score (nSPS) is 21.5. The van der Waals surface area contributed by atoms with Crippen LogP contribution in [0.1, 0.15) is 12.8 Å². The Hall–Kier alpha value is -1.85. The number of ether oxygens (including phenoxy) is 1. The molecule has 0 N–H and O–H groups in total. The van der Waals surface area contributed by atoms with Crippen LogP contribution >= 0.6 is 11.6 Å². The van der Waals surface area contributed by atoms with Crippen LogP contribution in [0.2, 0.25) is 5.02 Å². The Kier molecular flexibility index (Phi) is 4.29. The molecule has 0 saturated carbocycles. The van der Waals surface area contributed by atoms with E-state index in [1.807, 2.05) is 35.2 Å². The third-order valence-corrected chi connectivity index (χ3v) is 4.96. The Morgan fingerprint density at radius 2 is 2.00 bits per heavy atom. The first-order chi connectivity index (χ1) is 11.7. The van der Waals surface area contributed by atoms with E-state index >= 15 is 0 Å². The number of rotatable bonds is 2. The van der Waals surface area contributed by atoms with Gasteiger partial charge in [-0.25, -0.2) is 4.98 Å². The molecule has 0 aliphatic carbocycles. The number of hydrogen-bond acceptors (Lipinski definition) is 4. The van der Waals surface area contributed by atoms with Gasteiger partial charge in [-0.3, -0.25) is 4.79 Å². The van der Waals surface area contributed by atoms with Crippen molar-refractivity contribution in [2.24, 2.45) is 0 Å². The first-order valence-corrected chi connectivity index (χ1v) is 8.80. The maximum atomic E-state index is 12.6. The third kappa shape index (κ3) is 3.06. The number of anilines is 1. The SMILES string of the molecule is O=C(C1CN(c2ccc3cc(Cl)ccc3n2)CCO1)N1CCCC1. The summed E-state index contributed by atoms with van der Waals surface area (Å²) in [7, 11) is 0. The summed E-state index contributed by atoms with van der Waals surface area (Å²) in [5.74, 6) is 0.997. The van der Waals surface area contributed by atoms with Crippen LogP contribution in [0.15, 0.2) is 30.3 Å². The molecule has 126 valence electrons. The number of nitrogens with zero attached hydrogens (tertiary/aromatic N) is 3. The molecule has 6 heteroatoms. The van der Waals surface area contributed by atoms with Gasteiger partial charge in [0.05, 0.1) is 18.7 Å². The molecule has 0 radical (unpaired) electrons. The van der Waals surface area contributed by atoms with Crippen LogP contribution in [-0.4, -0.2) is 54.7 Å². The predicted octanol–water partition coefficient (Wildman–Crippen LogP) is 2.72. The first-order valence-electron chi connectivity index (χ1n) is 8.42. The van der Waals surface area contributed by atoms with Crippen molar-refractivity contribution >= 4 is 34.2 Å². The highest BCUT2D eigenvalue weighted by molar-refractivity contribution is 6.31. The minimum Gasteiger partial charge on any atom is -0.365 e. The van der Waals surface area contributed by atoms with Crippen molar-refractivity contribution < 1.29 is 9.53 Å². The molecular weight excluding hydrogens is 326 g/mol. The number of amides is 1. The molecule has 0 bridgehead atoms. The van der Waals surface area contributed by atoms with Crippen molar-refractivity contribution in [3.63, 3.8) is 0 Å². The van der Waals surface area contributed by atoms with Crippen molar-refractivity contribution in [3.8, 4) is 0 Å². The highest BCUT2D eigenvalue weighted by Crippen LogP contribution is 2.23. The monoisotopic (exact) mass is 345 g/mol. The molecule has 1 amide bonds. The molecule has 0 spiro atoms. The van der Waals surface area contributed by atoms with Crippen LogP contribution in [0.3, 0.4) is 0 Å². The fourth-order valence-corrected chi connectivity index (χ4v) is 3.59. The summed E-state index contributed by atoms with van der Waals surface area (Å²) in [4.78, 5) is 21.3. The number of fused-ring (bicyclic) bond motifs is 1. The number of pyridine rings is 1. The van der Waals surface area contributed by atoms with Gasteiger partial charge >= 0.3 is 0 Å². The van der Waals surface area contributed by atoms with E-state index in [9.17, 15) is 4.79 Å². The Labute approximate surface area is 146 Å². The van der Waals surface area contributed by atoms with Crippen molar-refractivity contribution in [3.05, 3.63) is 35.4 Å². The Balaban J connectivity index is 1.53. The number of likely N-dealkylation sites (tertiary alicyclic amines) is 1. The van der Waals surface area contributed by atoms with Gasteiger partial charge in [0.15, 0.2) is 6.10 Å². The minimum atomic E-state index is -0.389. The number of hydrogen-bond donors (Lipinski definition) is 0. The zero-order chi connectivity index (χ0) is 16.5. The van der Waals surface area contributed by atoms with Crippen LogP contribution in [0.25, 0.3) is 10.9 Å². The number of halogens is 1. The van der Waals surface area contributed by atoms with Gasteiger partial charge in [0, 0.05) is 30.0 Å². The van der Waals surface area contributed by atoms with Gasteiger partial charge in [-0.15, -0.1) is 0 Å². The van der Waals surface area contributed by atoms with Crippen LogP contribution in [0.4, 0.5) is 5.82 Å². The summed E-state index contributed by atoms with van der Waals surface area (Å²) < 4.78 is 5.73. The quantitative estimate of drug-likeness (QED) is 0.839. The average molecular weight is 346 g/mol. The highest BCUT2D eigenvalue weighted by Gasteiger charge is 2.31. The van der Waals surface area contributed by atoms with E-state index in [0.717, 1.165) is 49.2 Å².